The molecule has 2 atom stereocenters. The predicted octanol–water partition coefficient (Wildman–Crippen LogP) is 5.27. The lowest BCUT2D eigenvalue weighted by atomic mass is 10.1. The summed E-state index contributed by atoms with van der Waals surface area (Å²) in [6.45, 7) is 9.26. The monoisotopic (exact) mass is 752 g/mol. The van der Waals surface area contributed by atoms with Crippen molar-refractivity contribution in [3.05, 3.63) is 71.4 Å². The number of carbonyl (C=O) groups is 2. The molecule has 54 heavy (non-hydrogen) atoms. The van der Waals surface area contributed by atoms with Crippen LogP contribution in [0.5, 0.6) is 0 Å². The SMILES string of the molecule is CCc1nc2ccc(-c3cnc(N4CCN(C(=O)[C@@H]5C[C@H](O)CN5C(=O)OC(C)(C)C)CC4)nc3)cn2c1N(C)c1nc(-c2ccc(F)cc2)c(C#N)s1. The molecule has 4 aromatic heterocycles. The van der Waals surface area contributed by atoms with E-state index in [0.29, 0.717) is 59.8 Å². The van der Waals surface area contributed by atoms with E-state index in [1.807, 2.05) is 46.5 Å². The lowest BCUT2D eigenvalue weighted by Gasteiger charge is -2.37. The van der Waals surface area contributed by atoms with Gasteiger partial charge in [0.1, 0.15) is 45.6 Å². The first-order valence-corrected chi connectivity index (χ1v) is 18.6. The second-order valence-corrected chi connectivity index (χ2v) is 15.3. The highest BCUT2D eigenvalue weighted by molar-refractivity contribution is 7.16. The number of thiazole rings is 1. The zero-order chi connectivity index (χ0) is 38.3. The highest BCUT2D eigenvalue weighted by Gasteiger charge is 2.43. The molecule has 2 fully saturated rings. The maximum atomic E-state index is 13.6. The molecule has 2 aliphatic heterocycles. The van der Waals surface area contributed by atoms with Gasteiger partial charge in [0.25, 0.3) is 0 Å². The second kappa shape index (κ2) is 14.6. The lowest BCUT2D eigenvalue weighted by molar-refractivity contribution is -0.136. The number of nitrogens with zero attached hydrogens (tertiary/aromatic N) is 10. The molecule has 0 bridgehead atoms. The van der Waals surface area contributed by atoms with Crippen LogP contribution in [0.1, 0.15) is 44.7 Å². The summed E-state index contributed by atoms with van der Waals surface area (Å²) < 4.78 is 21.1. The Labute approximate surface area is 316 Å². The van der Waals surface area contributed by atoms with Gasteiger partial charge < -0.3 is 24.5 Å². The Bertz CT molecular complexity index is 2220. The van der Waals surface area contributed by atoms with E-state index in [2.05, 4.69) is 16.0 Å². The van der Waals surface area contributed by atoms with Crippen LogP contribution in [0.2, 0.25) is 0 Å². The minimum absolute atomic E-state index is 0.0613. The molecule has 0 unspecified atom stereocenters. The summed E-state index contributed by atoms with van der Waals surface area (Å²) in [4.78, 5) is 52.8. The molecule has 2 saturated heterocycles. The van der Waals surface area contributed by atoms with Gasteiger partial charge in [-0.25, -0.2) is 29.1 Å². The Kier molecular flexibility index (Phi) is 9.94. The Hall–Kier alpha value is -5.66. The third-order valence-corrected chi connectivity index (χ3v) is 10.5. The molecular formula is C38H41FN10O4S. The number of likely N-dealkylation sites (tertiary alicyclic amines) is 1. The van der Waals surface area contributed by atoms with Gasteiger partial charge in [0.2, 0.25) is 11.9 Å². The number of piperazine rings is 1. The van der Waals surface area contributed by atoms with Gasteiger partial charge in [-0.3, -0.25) is 14.1 Å². The molecule has 6 heterocycles. The van der Waals surface area contributed by atoms with Crippen molar-refractivity contribution in [3.8, 4) is 28.5 Å². The molecule has 5 aromatic rings. The van der Waals surface area contributed by atoms with E-state index in [1.54, 1.807) is 50.2 Å². The first-order chi connectivity index (χ1) is 25.8. The van der Waals surface area contributed by atoms with E-state index in [4.69, 9.17) is 14.7 Å². The van der Waals surface area contributed by atoms with Crippen molar-refractivity contribution >= 4 is 45.9 Å². The van der Waals surface area contributed by atoms with Crippen LogP contribution in [-0.2, 0) is 16.0 Å². The van der Waals surface area contributed by atoms with Crippen molar-refractivity contribution in [3.63, 3.8) is 0 Å². The van der Waals surface area contributed by atoms with Crippen LogP contribution in [0.15, 0.2) is 55.0 Å². The van der Waals surface area contributed by atoms with Gasteiger partial charge in [0.05, 0.1) is 18.3 Å². The second-order valence-electron chi connectivity index (χ2n) is 14.4. The van der Waals surface area contributed by atoms with Crippen LogP contribution in [0, 0.1) is 17.1 Å². The average molecular weight is 753 g/mol. The number of carbonyl (C=O) groups excluding carboxylic acids is 2. The summed E-state index contributed by atoms with van der Waals surface area (Å²) in [6.07, 6.45) is 4.99. The number of rotatable bonds is 7. The number of β-amino-alcohol motifs (C(OH)–C–C–N with tert-alkyl or cyclic N) is 1. The number of benzene rings is 1. The van der Waals surface area contributed by atoms with E-state index in [-0.39, 0.29) is 24.7 Å². The number of ether oxygens (including phenoxy) is 1. The van der Waals surface area contributed by atoms with Crippen molar-refractivity contribution in [2.75, 3.05) is 49.6 Å². The number of aromatic nitrogens is 5. The number of anilines is 3. The third-order valence-electron chi connectivity index (χ3n) is 9.48. The smallest absolute Gasteiger partial charge is 0.411 e. The number of aryl methyl sites for hydroxylation is 1. The Morgan fingerprint density at radius 3 is 2.37 bits per heavy atom. The van der Waals surface area contributed by atoms with Crippen LogP contribution in [-0.4, -0.2) is 109 Å². The molecule has 2 amide bonds. The Morgan fingerprint density at radius 1 is 1.04 bits per heavy atom. The van der Waals surface area contributed by atoms with Gasteiger partial charge in [-0.05, 0) is 63.6 Å². The molecule has 1 N–H and O–H groups in total. The van der Waals surface area contributed by atoms with Crippen molar-refractivity contribution in [1.29, 1.82) is 5.26 Å². The van der Waals surface area contributed by atoms with E-state index in [0.717, 1.165) is 28.3 Å². The normalized spacial score (nSPS) is 17.6. The molecule has 0 spiro atoms. The molecule has 1 aromatic carbocycles. The number of nitriles is 1. The van der Waals surface area contributed by atoms with E-state index >= 15 is 0 Å². The van der Waals surface area contributed by atoms with Gasteiger partial charge in [-0.15, -0.1) is 0 Å². The van der Waals surface area contributed by atoms with Crippen LogP contribution in [0.25, 0.3) is 28.0 Å². The number of imidazole rings is 1. The minimum atomic E-state index is -0.784. The highest BCUT2D eigenvalue weighted by atomic mass is 32.1. The fourth-order valence-corrected chi connectivity index (χ4v) is 7.66. The number of halogens is 1. The maximum Gasteiger partial charge on any atom is 0.411 e. The Balaban J connectivity index is 1.06. The van der Waals surface area contributed by atoms with E-state index in [9.17, 15) is 24.3 Å². The van der Waals surface area contributed by atoms with Crippen molar-refractivity contribution in [2.24, 2.45) is 0 Å². The standard InChI is InChI=1S/C38H41FN10O4S/c1-6-28-33(45(5)36-44-32(30(18-40)54-36)23-7-10-26(39)11-8-23)49-21-24(9-12-31(49)43-28)25-19-41-35(42-20-25)47-15-13-46(14-16-47)34(51)29-17-27(50)22-48(29)37(52)53-38(2,3)4/h7-12,19-21,27,29,50H,6,13-17,22H2,1-5H3/t27-,29-/m0/s1. The number of hydrogen-bond acceptors (Lipinski definition) is 12. The quantitative estimate of drug-likeness (QED) is 0.231. The first kappa shape index (κ1) is 36.7. The van der Waals surface area contributed by atoms with Gasteiger partial charge in [-0.2, -0.15) is 5.26 Å². The van der Waals surface area contributed by atoms with Gasteiger partial charge in [-0.1, -0.05) is 18.3 Å². The summed E-state index contributed by atoms with van der Waals surface area (Å²) in [5.41, 5.74) is 3.73. The predicted molar refractivity (Wildman–Crippen MR) is 202 cm³/mol. The van der Waals surface area contributed by atoms with Crippen LogP contribution < -0.4 is 9.80 Å². The maximum absolute atomic E-state index is 13.6. The highest BCUT2D eigenvalue weighted by Crippen LogP contribution is 2.37. The zero-order valence-corrected chi connectivity index (χ0v) is 31.5. The molecule has 14 nitrogen and oxygen atoms in total. The van der Waals surface area contributed by atoms with Crippen molar-refractivity contribution in [2.45, 2.75) is 58.3 Å². The molecule has 16 heteroatoms. The fraction of sp³-hybridized carbons (Fsp3) is 0.395. The van der Waals surface area contributed by atoms with Gasteiger partial charge >= 0.3 is 6.09 Å². The third kappa shape index (κ3) is 7.29. The van der Waals surface area contributed by atoms with Crippen LogP contribution in [0.4, 0.5) is 26.1 Å². The number of aliphatic hydroxyl groups excluding tert-OH is 1. The number of hydrogen-bond donors (Lipinski definition) is 1. The summed E-state index contributed by atoms with van der Waals surface area (Å²) in [6, 6.07) is 11.3. The van der Waals surface area contributed by atoms with E-state index < -0.39 is 23.8 Å². The summed E-state index contributed by atoms with van der Waals surface area (Å²) in [5.74, 6) is 0.796. The zero-order valence-electron chi connectivity index (χ0n) is 30.7. The minimum Gasteiger partial charge on any atom is -0.444 e. The molecule has 2 aliphatic rings. The summed E-state index contributed by atoms with van der Waals surface area (Å²) >= 11 is 1.26. The van der Waals surface area contributed by atoms with Gasteiger partial charge in [0, 0.05) is 74.9 Å². The fourth-order valence-electron chi connectivity index (χ4n) is 6.81. The lowest BCUT2D eigenvalue weighted by Crippen LogP contribution is -2.55. The van der Waals surface area contributed by atoms with Crippen LogP contribution >= 0.6 is 11.3 Å². The molecular weight excluding hydrogens is 712 g/mol. The molecule has 280 valence electrons. The molecule has 0 radical (unpaired) electrons. The van der Waals surface area contributed by atoms with E-state index in [1.165, 1.54) is 28.4 Å². The number of pyridine rings is 1. The first-order valence-electron chi connectivity index (χ1n) is 17.8. The topological polar surface area (TPSA) is 156 Å². The van der Waals surface area contributed by atoms with Crippen LogP contribution in [0.3, 0.4) is 0 Å². The van der Waals surface area contributed by atoms with Crippen molar-refractivity contribution < 1.29 is 23.8 Å². The molecule has 0 saturated carbocycles. The largest absolute Gasteiger partial charge is 0.444 e. The Morgan fingerprint density at radius 2 is 1.72 bits per heavy atom. The van der Waals surface area contributed by atoms with Crippen molar-refractivity contribution in [1.82, 2.24) is 34.1 Å². The average Bonchev–Trinajstić information content (AvgIpc) is 3.88. The molecule has 7 rings (SSSR count). The molecule has 0 aliphatic carbocycles. The summed E-state index contributed by atoms with van der Waals surface area (Å²) in [5, 5.41) is 20.8. The van der Waals surface area contributed by atoms with Gasteiger partial charge in [0.15, 0.2) is 5.13 Å². The number of aliphatic hydroxyl groups is 1. The number of fused-ring (bicyclic) bond motifs is 1. The summed E-state index contributed by atoms with van der Waals surface area (Å²) in [7, 11) is 1.89. The number of amides is 2.